The number of H-pyrrole nitrogens is 1. The number of aromatic nitrogens is 4. The lowest BCUT2D eigenvalue weighted by Crippen LogP contribution is -2.45. The molecule has 4 heterocycles. The average Bonchev–Trinajstić information content (AvgIpc) is 3.38. The molecule has 206 valence electrons. The zero-order valence-corrected chi connectivity index (χ0v) is 23.2. The molecule has 5 rings (SSSR count). The molecule has 0 saturated carbocycles. The van der Waals surface area contributed by atoms with Crippen LogP contribution < -0.4 is 10.6 Å². The predicted molar refractivity (Wildman–Crippen MR) is 157 cm³/mol. The Labute approximate surface area is 237 Å². The first kappa shape index (κ1) is 27.3. The maximum absolute atomic E-state index is 13.2. The van der Waals surface area contributed by atoms with E-state index in [0.29, 0.717) is 47.7 Å². The van der Waals surface area contributed by atoms with E-state index in [1.165, 1.54) is 12.3 Å². The molecule has 0 spiro atoms. The summed E-state index contributed by atoms with van der Waals surface area (Å²) in [5.74, 6) is 0.0542. The molecule has 0 radical (unpaired) electrons. The predicted octanol–water partition coefficient (Wildman–Crippen LogP) is 4.45. The van der Waals surface area contributed by atoms with E-state index >= 15 is 0 Å². The minimum absolute atomic E-state index is 0.0257. The molecule has 1 aliphatic heterocycles. The van der Waals surface area contributed by atoms with Gasteiger partial charge in [-0.3, -0.25) is 9.59 Å². The Balaban J connectivity index is 1.22. The second-order valence-electron chi connectivity index (χ2n) is 9.96. The van der Waals surface area contributed by atoms with Gasteiger partial charge in [0.05, 0.1) is 28.8 Å². The topological polar surface area (TPSA) is 119 Å². The van der Waals surface area contributed by atoms with Gasteiger partial charge >= 0.3 is 0 Å². The Morgan fingerprint density at radius 2 is 2.02 bits per heavy atom. The number of rotatable bonds is 8. The van der Waals surface area contributed by atoms with Gasteiger partial charge in [-0.1, -0.05) is 35.9 Å². The number of fused-ring (bicyclic) bond motifs is 1. The number of halogens is 1. The summed E-state index contributed by atoms with van der Waals surface area (Å²) in [6, 6.07) is 11.3. The molecule has 3 N–H and O–H groups in total. The smallest absolute Gasteiger partial charge is 0.272 e. The number of nitrogens with one attached hydrogen (secondary N) is 3. The Bertz CT molecular complexity index is 1530. The largest absolute Gasteiger partial charge is 0.360 e. The fourth-order valence-corrected chi connectivity index (χ4v) is 4.86. The third-order valence-corrected chi connectivity index (χ3v) is 6.90. The standard InChI is InChI=1S/C29H31ClN8O2/c1-37(2)13-6-10-26(39)34-19-11-12-25(31-15-19)28(40)38-14-5-7-20(18-38)35-29-33-17-23(30)27(36-29)22-16-32-24-9-4-3-8-21(22)24/h3-4,6,8-12,15-17,20,32H,5,7,13-14,18H2,1-2H3,(H,34,39)(H,33,35,36)/b10-6+/t20-/m1/s1. The minimum Gasteiger partial charge on any atom is -0.360 e. The normalized spacial score (nSPS) is 15.6. The zero-order chi connectivity index (χ0) is 28.1. The number of hydrogen-bond acceptors (Lipinski definition) is 7. The van der Waals surface area contributed by atoms with Crippen LogP contribution in [0.5, 0.6) is 0 Å². The summed E-state index contributed by atoms with van der Waals surface area (Å²) in [6.07, 6.45) is 9.96. The lowest BCUT2D eigenvalue weighted by atomic mass is 10.1. The first-order valence-electron chi connectivity index (χ1n) is 13.1. The number of hydrogen-bond donors (Lipinski definition) is 3. The van der Waals surface area contributed by atoms with Crippen LogP contribution in [0.2, 0.25) is 5.02 Å². The van der Waals surface area contributed by atoms with Crippen molar-refractivity contribution in [3.8, 4) is 11.3 Å². The molecule has 1 aromatic carbocycles. The average molecular weight is 559 g/mol. The van der Waals surface area contributed by atoms with Crippen molar-refractivity contribution in [1.82, 2.24) is 29.7 Å². The summed E-state index contributed by atoms with van der Waals surface area (Å²) < 4.78 is 0. The molecule has 10 nitrogen and oxygen atoms in total. The lowest BCUT2D eigenvalue weighted by Gasteiger charge is -2.33. The Morgan fingerprint density at radius 3 is 2.83 bits per heavy atom. The van der Waals surface area contributed by atoms with Crippen molar-refractivity contribution < 1.29 is 9.59 Å². The fourth-order valence-electron chi connectivity index (χ4n) is 4.67. The van der Waals surface area contributed by atoms with Crippen LogP contribution >= 0.6 is 11.6 Å². The van der Waals surface area contributed by atoms with Crippen LogP contribution in [0.25, 0.3) is 22.2 Å². The van der Waals surface area contributed by atoms with Crippen LogP contribution in [0.15, 0.2) is 67.1 Å². The van der Waals surface area contributed by atoms with Crippen molar-refractivity contribution in [3.05, 3.63) is 77.9 Å². The molecule has 3 aromatic heterocycles. The van der Waals surface area contributed by atoms with Gasteiger partial charge < -0.3 is 25.4 Å². The summed E-state index contributed by atoms with van der Waals surface area (Å²) in [7, 11) is 3.85. The molecule has 2 amide bonds. The van der Waals surface area contributed by atoms with E-state index < -0.39 is 0 Å². The summed E-state index contributed by atoms with van der Waals surface area (Å²) in [5.41, 5.74) is 3.40. The van der Waals surface area contributed by atoms with Crippen molar-refractivity contribution in [2.75, 3.05) is 44.4 Å². The van der Waals surface area contributed by atoms with Gasteiger partial charge in [0.1, 0.15) is 5.69 Å². The number of pyridine rings is 1. The van der Waals surface area contributed by atoms with Gasteiger partial charge in [0.15, 0.2) is 0 Å². The number of anilines is 2. The van der Waals surface area contributed by atoms with Crippen molar-refractivity contribution >= 4 is 46.0 Å². The van der Waals surface area contributed by atoms with Gasteiger partial charge in [0.2, 0.25) is 11.9 Å². The molecule has 4 aromatic rings. The molecule has 1 aliphatic rings. The van der Waals surface area contributed by atoms with Gasteiger partial charge in [0, 0.05) is 54.4 Å². The molecular formula is C29H31ClN8O2. The van der Waals surface area contributed by atoms with E-state index in [2.05, 4.69) is 25.6 Å². The highest BCUT2D eigenvalue weighted by Crippen LogP contribution is 2.32. The molecular weight excluding hydrogens is 528 g/mol. The molecule has 1 fully saturated rings. The molecule has 0 aliphatic carbocycles. The number of amides is 2. The van der Waals surface area contributed by atoms with Crippen LogP contribution in [-0.4, -0.2) is 81.3 Å². The second-order valence-corrected chi connectivity index (χ2v) is 10.4. The van der Waals surface area contributed by atoms with Gasteiger partial charge in [0.25, 0.3) is 5.91 Å². The van der Waals surface area contributed by atoms with Gasteiger partial charge in [-0.25, -0.2) is 15.0 Å². The summed E-state index contributed by atoms with van der Waals surface area (Å²) in [6.45, 7) is 1.79. The molecule has 0 bridgehead atoms. The maximum Gasteiger partial charge on any atom is 0.272 e. The van der Waals surface area contributed by atoms with Crippen LogP contribution in [0, 0.1) is 0 Å². The third kappa shape index (κ3) is 6.47. The van der Waals surface area contributed by atoms with Gasteiger partial charge in [-0.05, 0) is 45.1 Å². The SMILES string of the molecule is CN(C)C/C=C/C(=O)Nc1ccc(C(=O)N2CCC[C@@H](Nc3ncc(Cl)c(-c4c[nH]c5ccccc45)n3)C2)nc1. The maximum atomic E-state index is 13.2. The summed E-state index contributed by atoms with van der Waals surface area (Å²) in [4.78, 5) is 45.7. The quantitative estimate of drug-likeness (QED) is 0.273. The number of carbonyl (C=O) groups is 2. The van der Waals surface area contributed by atoms with Gasteiger partial charge in [-0.2, -0.15) is 0 Å². The fraction of sp³-hybridized carbons (Fsp3) is 0.276. The molecule has 1 atom stereocenters. The molecule has 11 heteroatoms. The second kappa shape index (κ2) is 12.3. The number of nitrogens with zero attached hydrogens (tertiary/aromatic N) is 5. The van der Waals surface area contributed by atoms with E-state index in [4.69, 9.17) is 16.6 Å². The number of likely N-dealkylation sites (tertiary alicyclic amines) is 1. The number of aromatic amines is 1. The highest BCUT2D eigenvalue weighted by molar-refractivity contribution is 6.33. The lowest BCUT2D eigenvalue weighted by molar-refractivity contribution is -0.111. The zero-order valence-electron chi connectivity index (χ0n) is 22.4. The van der Waals surface area contributed by atoms with E-state index in [-0.39, 0.29) is 17.9 Å². The number of piperidine rings is 1. The third-order valence-electron chi connectivity index (χ3n) is 6.62. The van der Waals surface area contributed by atoms with E-state index in [1.54, 1.807) is 29.3 Å². The molecule has 40 heavy (non-hydrogen) atoms. The number of para-hydroxylation sites is 1. The Kier molecular flexibility index (Phi) is 8.37. The first-order chi connectivity index (χ1) is 19.4. The van der Waals surface area contributed by atoms with Crippen molar-refractivity contribution in [3.63, 3.8) is 0 Å². The molecule has 0 unspecified atom stereocenters. The van der Waals surface area contributed by atoms with Crippen LogP contribution in [0.3, 0.4) is 0 Å². The van der Waals surface area contributed by atoms with Gasteiger partial charge in [-0.15, -0.1) is 0 Å². The number of carbonyl (C=O) groups excluding carboxylic acids is 2. The van der Waals surface area contributed by atoms with E-state index in [9.17, 15) is 9.59 Å². The summed E-state index contributed by atoms with van der Waals surface area (Å²) in [5, 5.41) is 7.64. The van der Waals surface area contributed by atoms with E-state index in [1.807, 2.05) is 49.5 Å². The Morgan fingerprint density at radius 1 is 1.18 bits per heavy atom. The van der Waals surface area contributed by atoms with Crippen molar-refractivity contribution in [2.24, 2.45) is 0 Å². The first-order valence-corrected chi connectivity index (χ1v) is 13.5. The summed E-state index contributed by atoms with van der Waals surface area (Å²) >= 11 is 6.48. The molecule has 1 saturated heterocycles. The number of likely N-dealkylation sites (N-methyl/N-ethyl adjacent to an activating group) is 1. The van der Waals surface area contributed by atoms with Crippen LogP contribution in [-0.2, 0) is 4.79 Å². The van der Waals surface area contributed by atoms with Crippen LogP contribution in [0.1, 0.15) is 23.3 Å². The van der Waals surface area contributed by atoms with Crippen LogP contribution in [0.4, 0.5) is 11.6 Å². The highest BCUT2D eigenvalue weighted by atomic mass is 35.5. The van der Waals surface area contributed by atoms with Crippen molar-refractivity contribution in [2.45, 2.75) is 18.9 Å². The van der Waals surface area contributed by atoms with Crippen molar-refractivity contribution in [1.29, 1.82) is 0 Å². The highest BCUT2D eigenvalue weighted by Gasteiger charge is 2.26. The number of benzene rings is 1. The van der Waals surface area contributed by atoms with E-state index in [0.717, 1.165) is 29.3 Å². The monoisotopic (exact) mass is 558 g/mol. The Hall–Kier alpha value is -4.28. The minimum atomic E-state index is -0.245.